The molecule has 1 N–H and O–H groups in total. The van der Waals surface area contributed by atoms with Crippen molar-refractivity contribution in [3.63, 3.8) is 0 Å². The Morgan fingerprint density at radius 1 is 1.56 bits per heavy atom. The molecule has 0 amide bonds. The summed E-state index contributed by atoms with van der Waals surface area (Å²) in [6.07, 6.45) is 0. The van der Waals surface area contributed by atoms with Gasteiger partial charge in [0.25, 0.3) is 0 Å². The van der Waals surface area contributed by atoms with Gasteiger partial charge in [0.2, 0.25) is 10.0 Å². The van der Waals surface area contributed by atoms with Crippen molar-refractivity contribution in [1.29, 1.82) is 0 Å². The molecule has 0 aliphatic rings. The summed E-state index contributed by atoms with van der Waals surface area (Å²) in [5.74, 6) is -0.677. The number of esters is 1. The first-order valence-electron chi connectivity index (χ1n) is 5.09. The zero-order valence-electron chi connectivity index (χ0n) is 10.3. The fourth-order valence-corrected chi connectivity index (χ4v) is 4.22. The SMILES string of the molecule is COC(=O)c1scc(C)c1S(=O)(=O)N(C)CCO. The Bertz CT molecular complexity index is 534. The number of nitrogens with zero attached hydrogens (tertiary/aromatic N) is 1. The van der Waals surface area contributed by atoms with Gasteiger partial charge in [-0.15, -0.1) is 11.3 Å². The first-order chi connectivity index (χ1) is 8.36. The lowest BCUT2D eigenvalue weighted by Crippen LogP contribution is -2.30. The van der Waals surface area contributed by atoms with Crippen LogP contribution in [0.5, 0.6) is 0 Å². The van der Waals surface area contributed by atoms with E-state index in [1.165, 1.54) is 14.2 Å². The molecule has 0 aliphatic heterocycles. The van der Waals surface area contributed by atoms with Gasteiger partial charge >= 0.3 is 5.97 Å². The molecule has 0 unspecified atom stereocenters. The maximum atomic E-state index is 12.3. The largest absolute Gasteiger partial charge is 0.465 e. The first kappa shape index (κ1) is 15.1. The lowest BCUT2D eigenvalue weighted by molar-refractivity contribution is 0.0602. The minimum atomic E-state index is -3.79. The van der Waals surface area contributed by atoms with Crippen LogP contribution in [0.4, 0.5) is 0 Å². The molecule has 102 valence electrons. The normalized spacial score (nSPS) is 11.8. The topological polar surface area (TPSA) is 83.9 Å². The van der Waals surface area contributed by atoms with Crippen molar-refractivity contribution in [3.8, 4) is 0 Å². The highest BCUT2D eigenvalue weighted by Gasteiger charge is 2.30. The highest BCUT2D eigenvalue weighted by molar-refractivity contribution is 7.89. The summed E-state index contributed by atoms with van der Waals surface area (Å²) >= 11 is 1.03. The van der Waals surface area contributed by atoms with Crippen LogP contribution in [-0.4, -0.2) is 51.1 Å². The highest BCUT2D eigenvalue weighted by Crippen LogP contribution is 2.29. The van der Waals surface area contributed by atoms with Crippen molar-refractivity contribution in [2.24, 2.45) is 0 Å². The highest BCUT2D eigenvalue weighted by atomic mass is 32.2. The van der Waals surface area contributed by atoms with E-state index in [-0.39, 0.29) is 22.9 Å². The number of hydrogen-bond acceptors (Lipinski definition) is 6. The van der Waals surface area contributed by atoms with Crippen molar-refractivity contribution < 1.29 is 23.1 Å². The van der Waals surface area contributed by atoms with Crippen LogP contribution in [0.15, 0.2) is 10.3 Å². The molecule has 1 heterocycles. The number of sulfonamides is 1. The number of thiophene rings is 1. The summed E-state index contributed by atoms with van der Waals surface area (Å²) in [7, 11) is -1.24. The van der Waals surface area contributed by atoms with E-state index in [1.54, 1.807) is 12.3 Å². The summed E-state index contributed by atoms with van der Waals surface area (Å²) in [5, 5.41) is 10.4. The predicted octanol–water partition coefficient (Wildman–Crippen LogP) is 0.456. The summed E-state index contributed by atoms with van der Waals surface area (Å²) in [4.78, 5) is 11.5. The second-order valence-corrected chi connectivity index (χ2v) is 6.48. The molecule has 1 aromatic rings. The Balaban J connectivity index is 3.32. The van der Waals surface area contributed by atoms with Crippen molar-refractivity contribution in [2.45, 2.75) is 11.8 Å². The van der Waals surface area contributed by atoms with Gasteiger partial charge in [-0.25, -0.2) is 13.2 Å². The molecule has 0 atom stereocenters. The van der Waals surface area contributed by atoms with Gasteiger partial charge in [0.05, 0.1) is 13.7 Å². The van der Waals surface area contributed by atoms with Gasteiger partial charge in [0.1, 0.15) is 9.77 Å². The predicted molar refractivity (Wildman–Crippen MR) is 67.3 cm³/mol. The van der Waals surface area contributed by atoms with Gasteiger partial charge in [-0.3, -0.25) is 0 Å². The monoisotopic (exact) mass is 293 g/mol. The molecule has 1 aromatic heterocycles. The number of methoxy groups -OCH3 is 1. The van der Waals surface area contributed by atoms with Crippen LogP contribution >= 0.6 is 11.3 Å². The molecule has 0 aromatic carbocycles. The molecule has 0 fully saturated rings. The molecule has 8 heteroatoms. The van der Waals surface area contributed by atoms with Crippen LogP contribution in [0.2, 0.25) is 0 Å². The van der Waals surface area contributed by atoms with E-state index >= 15 is 0 Å². The summed E-state index contributed by atoms with van der Waals surface area (Å²) in [6.45, 7) is 1.30. The van der Waals surface area contributed by atoms with E-state index in [9.17, 15) is 13.2 Å². The second kappa shape index (κ2) is 5.79. The van der Waals surface area contributed by atoms with Crippen LogP contribution < -0.4 is 0 Å². The number of carbonyl (C=O) groups is 1. The van der Waals surface area contributed by atoms with Crippen LogP contribution in [0.3, 0.4) is 0 Å². The summed E-state index contributed by atoms with van der Waals surface area (Å²) in [6, 6.07) is 0. The van der Waals surface area contributed by atoms with Gasteiger partial charge < -0.3 is 9.84 Å². The maximum absolute atomic E-state index is 12.3. The van der Waals surface area contributed by atoms with E-state index in [0.29, 0.717) is 5.56 Å². The molecule has 0 saturated heterocycles. The maximum Gasteiger partial charge on any atom is 0.349 e. The second-order valence-electron chi connectivity index (χ2n) is 3.62. The van der Waals surface area contributed by atoms with Crippen molar-refractivity contribution in [2.75, 3.05) is 27.3 Å². The molecular formula is C10H15NO5S2. The number of aryl methyl sites for hydroxylation is 1. The molecule has 0 bridgehead atoms. The van der Waals surface area contributed by atoms with E-state index in [1.807, 2.05) is 0 Å². The number of carbonyl (C=O) groups excluding carboxylic acids is 1. The van der Waals surface area contributed by atoms with Crippen LogP contribution in [-0.2, 0) is 14.8 Å². The molecular weight excluding hydrogens is 278 g/mol. The molecule has 0 radical (unpaired) electrons. The Morgan fingerprint density at radius 3 is 2.67 bits per heavy atom. The molecule has 18 heavy (non-hydrogen) atoms. The Morgan fingerprint density at radius 2 is 2.17 bits per heavy atom. The van der Waals surface area contributed by atoms with Crippen LogP contribution in [0.1, 0.15) is 15.2 Å². The minimum Gasteiger partial charge on any atom is -0.465 e. The van der Waals surface area contributed by atoms with E-state index in [0.717, 1.165) is 15.6 Å². The number of hydrogen-bond donors (Lipinski definition) is 1. The fourth-order valence-electron chi connectivity index (χ4n) is 1.40. The number of likely N-dealkylation sites (N-methyl/N-ethyl adjacent to an activating group) is 1. The zero-order valence-corrected chi connectivity index (χ0v) is 12.0. The van der Waals surface area contributed by atoms with Gasteiger partial charge in [-0.05, 0) is 17.9 Å². The molecule has 0 saturated carbocycles. The summed E-state index contributed by atoms with van der Waals surface area (Å²) in [5.41, 5.74) is 0.491. The number of aliphatic hydroxyl groups excluding tert-OH is 1. The smallest absolute Gasteiger partial charge is 0.349 e. The quantitative estimate of drug-likeness (QED) is 0.797. The van der Waals surface area contributed by atoms with E-state index < -0.39 is 16.0 Å². The average molecular weight is 293 g/mol. The molecule has 6 nitrogen and oxygen atoms in total. The van der Waals surface area contributed by atoms with Crippen LogP contribution in [0.25, 0.3) is 0 Å². The third-order valence-corrected chi connectivity index (χ3v) is 5.62. The molecule has 0 aliphatic carbocycles. The Labute approximate surface area is 110 Å². The standard InChI is InChI=1S/C10H15NO5S2/c1-7-6-17-8(10(13)16-3)9(7)18(14,15)11(2)4-5-12/h6,12H,4-5H2,1-3H3. The zero-order chi connectivity index (χ0) is 13.9. The van der Waals surface area contributed by atoms with Gasteiger partial charge in [-0.2, -0.15) is 4.31 Å². The van der Waals surface area contributed by atoms with Gasteiger partial charge in [0, 0.05) is 13.6 Å². The first-order valence-corrected chi connectivity index (χ1v) is 7.41. The number of rotatable bonds is 5. The van der Waals surface area contributed by atoms with Crippen LogP contribution in [0, 0.1) is 6.92 Å². The van der Waals surface area contributed by atoms with E-state index in [4.69, 9.17) is 5.11 Å². The number of aliphatic hydroxyl groups is 1. The number of ether oxygens (including phenoxy) is 1. The Hall–Kier alpha value is -0.960. The van der Waals surface area contributed by atoms with Crippen molar-refractivity contribution in [1.82, 2.24) is 4.31 Å². The Kier molecular flexibility index (Phi) is 4.85. The molecule has 0 spiro atoms. The lowest BCUT2D eigenvalue weighted by atomic mass is 10.3. The van der Waals surface area contributed by atoms with Crippen molar-refractivity contribution >= 4 is 27.3 Å². The average Bonchev–Trinajstić information content (AvgIpc) is 2.71. The van der Waals surface area contributed by atoms with Gasteiger partial charge in [0.15, 0.2) is 0 Å². The third kappa shape index (κ3) is 2.72. The van der Waals surface area contributed by atoms with Crippen molar-refractivity contribution in [3.05, 3.63) is 15.8 Å². The third-order valence-electron chi connectivity index (χ3n) is 2.37. The molecule has 1 rings (SSSR count). The fraction of sp³-hybridized carbons (Fsp3) is 0.500. The van der Waals surface area contributed by atoms with E-state index in [2.05, 4.69) is 4.74 Å². The summed E-state index contributed by atoms with van der Waals surface area (Å²) < 4.78 is 30.1. The minimum absolute atomic E-state index is 0.0295. The van der Waals surface area contributed by atoms with Gasteiger partial charge in [-0.1, -0.05) is 0 Å². The lowest BCUT2D eigenvalue weighted by Gasteiger charge is -2.16.